The molecule has 0 radical (unpaired) electrons. The molecule has 0 amide bonds. The second kappa shape index (κ2) is 6.11. The summed E-state index contributed by atoms with van der Waals surface area (Å²) in [5.41, 5.74) is 0.604. The number of hydrogen-bond donors (Lipinski definition) is 1. The molecule has 2 rings (SSSR count). The van der Waals surface area contributed by atoms with Crippen LogP contribution in [-0.4, -0.2) is 20.2 Å². The molecule has 6 heteroatoms. The molecule has 1 N–H and O–H groups in total. The van der Waals surface area contributed by atoms with Crippen molar-refractivity contribution >= 4 is 0 Å². The van der Waals surface area contributed by atoms with E-state index in [-0.39, 0.29) is 13.2 Å². The summed E-state index contributed by atoms with van der Waals surface area (Å²) in [5.74, 6) is 1.75. The van der Waals surface area contributed by atoms with Crippen molar-refractivity contribution in [2.75, 3.05) is 0 Å². The second-order valence-electron chi connectivity index (χ2n) is 3.79. The Kier molecular flexibility index (Phi) is 4.25. The first-order chi connectivity index (χ1) is 8.81. The van der Waals surface area contributed by atoms with Crippen LogP contribution in [0.4, 0.5) is 0 Å². The van der Waals surface area contributed by atoms with Gasteiger partial charge in [0.15, 0.2) is 6.61 Å². The van der Waals surface area contributed by atoms with Crippen LogP contribution < -0.4 is 4.74 Å². The molecule has 2 aromatic rings. The van der Waals surface area contributed by atoms with Crippen LogP contribution in [0.25, 0.3) is 0 Å². The molecule has 0 unspecified atom stereocenters. The second-order valence-corrected chi connectivity index (χ2v) is 3.79. The van der Waals surface area contributed by atoms with Gasteiger partial charge in [-0.3, -0.25) is 4.98 Å². The van der Waals surface area contributed by atoms with Crippen molar-refractivity contribution in [2.45, 2.75) is 33.0 Å². The Bertz CT molecular complexity index is 482. The van der Waals surface area contributed by atoms with E-state index >= 15 is 0 Å². The van der Waals surface area contributed by atoms with Gasteiger partial charge in [-0.15, -0.1) is 0 Å². The molecule has 0 aliphatic heterocycles. The highest BCUT2D eigenvalue weighted by atomic mass is 16.5. The maximum Gasteiger partial charge on any atom is 0.226 e. The molecule has 0 atom stereocenters. The van der Waals surface area contributed by atoms with Gasteiger partial charge in [0.05, 0.1) is 18.5 Å². The molecule has 0 saturated carbocycles. The minimum atomic E-state index is -0.0779. The number of rotatable bonds is 6. The molecule has 0 aliphatic carbocycles. The Balaban J connectivity index is 1.89. The molecular formula is C12H15N3O3. The third-order valence-electron chi connectivity index (χ3n) is 2.30. The highest BCUT2D eigenvalue weighted by Crippen LogP contribution is 2.11. The largest absolute Gasteiger partial charge is 0.484 e. The van der Waals surface area contributed by atoms with Gasteiger partial charge in [-0.2, -0.15) is 4.98 Å². The lowest BCUT2D eigenvalue weighted by molar-refractivity contribution is 0.272. The van der Waals surface area contributed by atoms with Gasteiger partial charge in [-0.05, 0) is 18.6 Å². The first-order valence-electron chi connectivity index (χ1n) is 5.82. The highest BCUT2D eigenvalue weighted by Gasteiger charge is 2.06. The summed E-state index contributed by atoms with van der Waals surface area (Å²) in [6, 6.07) is 3.44. The zero-order chi connectivity index (χ0) is 12.8. The van der Waals surface area contributed by atoms with Gasteiger partial charge in [-0.1, -0.05) is 12.1 Å². The van der Waals surface area contributed by atoms with E-state index in [2.05, 4.69) is 22.0 Å². The van der Waals surface area contributed by atoms with Crippen LogP contribution in [0.5, 0.6) is 5.75 Å². The summed E-state index contributed by atoms with van der Waals surface area (Å²) in [4.78, 5) is 8.19. The van der Waals surface area contributed by atoms with Crippen LogP contribution in [0, 0.1) is 0 Å². The van der Waals surface area contributed by atoms with Crippen LogP contribution >= 0.6 is 0 Å². The van der Waals surface area contributed by atoms with E-state index < -0.39 is 0 Å². The van der Waals surface area contributed by atoms with E-state index in [1.807, 2.05) is 0 Å². The van der Waals surface area contributed by atoms with Gasteiger partial charge in [0.2, 0.25) is 11.7 Å². The number of pyridine rings is 1. The smallest absolute Gasteiger partial charge is 0.226 e. The first kappa shape index (κ1) is 12.5. The standard InChI is InChI=1S/C12H15N3O3/c1-2-3-12-14-11(15-18-12)8-17-10-5-4-9(7-16)13-6-10/h4-6,16H,2-3,7-8H2,1H3. The van der Waals surface area contributed by atoms with Crippen molar-refractivity contribution in [2.24, 2.45) is 0 Å². The monoisotopic (exact) mass is 249 g/mol. The lowest BCUT2D eigenvalue weighted by Crippen LogP contribution is -1.99. The minimum absolute atomic E-state index is 0.0779. The van der Waals surface area contributed by atoms with Crippen LogP contribution in [-0.2, 0) is 19.6 Å². The number of aliphatic hydroxyl groups is 1. The summed E-state index contributed by atoms with van der Waals surface area (Å²) < 4.78 is 10.5. The molecule has 0 aliphatic rings. The van der Waals surface area contributed by atoms with Crippen molar-refractivity contribution in [3.8, 4) is 5.75 Å². The predicted molar refractivity (Wildman–Crippen MR) is 62.8 cm³/mol. The lowest BCUT2D eigenvalue weighted by Gasteiger charge is -2.02. The van der Waals surface area contributed by atoms with Gasteiger partial charge in [-0.25, -0.2) is 0 Å². The number of hydrogen-bond acceptors (Lipinski definition) is 6. The molecule has 18 heavy (non-hydrogen) atoms. The summed E-state index contributed by atoms with van der Waals surface area (Å²) in [6.07, 6.45) is 3.30. The SMILES string of the molecule is CCCc1nc(COc2ccc(CO)nc2)no1. The summed E-state index contributed by atoms with van der Waals surface area (Å²) >= 11 is 0. The molecular weight excluding hydrogens is 234 g/mol. The average Bonchev–Trinajstić information content (AvgIpc) is 2.85. The van der Waals surface area contributed by atoms with E-state index in [0.29, 0.717) is 23.2 Å². The minimum Gasteiger partial charge on any atom is -0.484 e. The zero-order valence-corrected chi connectivity index (χ0v) is 10.2. The van der Waals surface area contributed by atoms with E-state index in [0.717, 1.165) is 12.8 Å². The van der Waals surface area contributed by atoms with E-state index in [1.165, 1.54) is 0 Å². The predicted octanol–water partition coefficient (Wildman–Crippen LogP) is 1.49. The van der Waals surface area contributed by atoms with Gasteiger partial charge in [0.1, 0.15) is 5.75 Å². The third kappa shape index (κ3) is 3.27. The maximum atomic E-state index is 8.85. The van der Waals surface area contributed by atoms with E-state index in [4.69, 9.17) is 14.4 Å². The quantitative estimate of drug-likeness (QED) is 0.835. The van der Waals surface area contributed by atoms with Gasteiger partial charge in [0.25, 0.3) is 0 Å². The highest BCUT2D eigenvalue weighted by molar-refractivity contribution is 5.19. The van der Waals surface area contributed by atoms with Gasteiger partial charge < -0.3 is 14.4 Å². The Labute approximate surface area is 105 Å². The Morgan fingerprint density at radius 3 is 2.94 bits per heavy atom. The van der Waals surface area contributed by atoms with Crippen molar-refractivity contribution in [1.29, 1.82) is 0 Å². The molecule has 96 valence electrons. The fourth-order valence-corrected chi connectivity index (χ4v) is 1.40. The molecule has 6 nitrogen and oxygen atoms in total. The number of aromatic nitrogens is 3. The van der Waals surface area contributed by atoms with Crippen molar-refractivity contribution < 1.29 is 14.4 Å². The molecule has 0 aromatic carbocycles. The Hall–Kier alpha value is -1.95. The topological polar surface area (TPSA) is 81.3 Å². The first-order valence-corrected chi connectivity index (χ1v) is 5.82. The molecule has 2 aromatic heterocycles. The maximum absolute atomic E-state index is 8.85. The van der Waals surface area contributed by atoms with E-state index in [9.17, 15) is 0 Å². The molecule has 0 spiro atoms. The normalized spacial score (nSPS) is 10.6. The summed E-state index contributed by atoms with van der Waals surface area (Å²) in [5, 5.41) is 12.7. The van der Waals surface area contributed by atoms with Crippen LogP contribution in [0.15, 0.2) is 22.9 Å². The van der Waals surface area contributed by atoms with Crippen molar-refractivity contribution in [3.63, 3.8) is 0 Å². The summed E-state index contributed by atoms with van der Waals surface area (Å²) in [6.45, 7) is 2.22. The average molecular weight is 249 g/mol. The number of aliphatic hydroxyl groups excluding tert-OH is 1. The molecule has 0 bridgehead atoms. The molecule has 0 saturated heterocycles. The third-order valence-corrected chi connectivity index (χ3v) is 2.30. The number of ether oxygens (including phenoxy) is 1. The van der Waals surface area contributed by atoms with Gasteiger partial charge >= 0.3 is 0 Å². The van der Waals surface area contributed by atoms with Crippen LogP contribution in [0.3, 0.4) is 0 Å². The van der Waals surface area contributed by atoms with Crippen molar-refractivity contribution in [1.82, 2.24) is 15.1 Å². The van der Waals surface area contributed by atoms with Crippen LogP contribution in [0.1, 0.15) is 30.8 Å². The molecule has 2 heterocycles. The molecule has 0 fully saturated rings. The van der Waals surface area contributed by atoms with Crippen LogP contribution in [0.2, 0.25) is 0 Å². The fraction of sp³-hybridized carbons (Fsp3) is 0.417. The fourth-order valence-electron chi connectivity index (χ4n) is 1.40. The Morgan fingerprint density at radius 2 is 2.28 bits per heavy atom. The number of aryl methyl sites for hydroxylation is 1. The van der Waals surface area contributed by atoms with Gasteiger partial charge in [0, 0.05) is 6.42 Å². The summed E-state index contributed by atoms with van der Waals surface area (Å²) in [7, 11) is 0. The number of nitrogens with zero attached hydrogens (tertiary/aromatic N) is 3. The zero-order valence-electron chi connectivity index (χ0n) is 10.2. The van der Waals surface area contributed by atoms with Crippen molar-refractivity contribution in [3.05, 3.63) is 35.7 Å². The lowest BCUT2D eigenvalue weighted by atomic mass is 10.3. The van der Waals surface area contributed by atoms with E-state index in [1.54, 1.807) is 18.3 Å². The Morgan fingerprint density at radius 1 is 1.39 bits per heavy atom.